The van der Waals surface area contributed by atoms with Crippen LogP contribution in [-0.4, -0.2) is 16.8 Å². The lowest BCUT2D eigenvalue weighted by molar-refractivity contribution is -0.113. The van der Waals surface area contributed by atoms with Crippen molar-refractivity contribution < 1.29 is 4.79 Å². The Morgan fingerprint density at radius 3 is 2.83 bits per heavy atom. The third-order valence-corrected chi connectivity index (χ3v) is 1.58. The zero-order chi connectivity index (χ0) is 8.97. The maximum absolute atomic E-state index is 10.8. The lowest BCUT2D eigenvalue weighted by Gasteiger charge is -2.00. The Kier molecular flexibility index (Phi) is 3.31. The Hall–Kier alpha value is -0.800. The van der Waals surface area contributed by atoms with Crippen LogP contribution in [0, 0.1) is 0 Å². The Balaban J connectivity index is 2.64. The summed E-state index contributed by atoms with van der Waals surface area (Å²) in [4.78, 5) is 14.6. The van der Waals surface area contributed by atoms with Gasteiger partial charge in [0.15, 0.2) is 0 Å². The molecule has 0 atom stereocenters. The van der Waals surface area contributed by atoms with E-state index in [0.717, 1.165) is 0 Å². The molecule has 0 radical (unpaired) electrons. The van der Waals surface area contributed by atoms with E-state index in [1.165, 1.54) is 6.20 Å². The summed E-state index contributed by atoms with van der Waals surface area (Å²) in [6.45, 7) is 0. The highest BCUT2D eigenvalue weighted by Gasteiger charge is 1.99. The maximum atomic E-state index is 10.8. The van der Waals surface area contributed by atoms with E-state index in [4.69, 9.17) is 23.2 Å². The molecule has 0 saturated carbocycles. The number of nitrogens with zero attached hydrogens (tertiary/aromatic N) is 1. The first kappa shape index (κ1) is 9.29. The molecule has 0 fully saturated rings. The average Bonchev–Trinajstić information content (AvgIpc) is 2.09. The van der Waals surface area contributed by atoms with Gasteiger partial charge in [0.05, 0.1) is 5.02 Å². The summed E-state index contributed by atoms with van der Waals surface area (Å²) >= 11 is 10.8. The smallest absolute Gasteiger partial charge is 0.240 e. The topological polar surface area (TPSA) is 42.0 Å². The highest BCUT2D eigenvalue weighted by molar-refractivity contribution is 6.30. The second-order valence-corrected chi connectivity index (χ2v) is 2.75. The van der Waals surface area contributed by atoms with Crippen molar-refractivity contribution in [2.75, 3.05) is 11.2 Å². The second-order valence-electron chi connectivity index (χ2n) is 2.04. The third kappa shape index (κ3) is 2.68. The molecule has 1 rings (SSSR count). The number of anilines is 1. The molecular weight excluding hydrogens is 199 g/mol. The van der Waals surface area contributed by atoms with Gasteiger partial charge in [-0.2, -0.15) is 0 Å². The number of amides is 1. The normalized spacial score (nSPS) is 9.50. The summed E-state index contributed by atoms with van der Waals surface area (Å²) in [7, 11) is 0. The average molecular weight is 205 g/mol. The summed E-state index contributed by atoms with van der Waals surface area (Å²) in [6.07, 6.45) is 1.45. The van der Waals surface area contributed by atoms with Gasteiger partial charge in [0, 0.05) is 6.20 Å². The maximum Gasteiger partial charge on any atom is 0.240 e. The van der Waals surface area contributed by atoms with Gasteiger partial charge in [0.2, 0.25) is 5.91 Å². The molecule has 0 aliphatic rings. The zero-order valence-electron chi connectivity index (χ0n) is 6.05. The lowest BCUT2D eigenvalue weighted by Crippen LogP contribution is -2.13. The van der Waals surface area contributed by atoms with Crippen LogP contribution in [0.15, 0.2) is 18.3 Å². The van der Waals surface area contributed by atoms with E-state index in [1.807, 2.05) is 0 Å². The summed E-state index contributed by atoms with van der Waals surface area (Å²) < 4.78 is 0. The predicted molar refractivity (Wildman–Crippen MR) is 48.6 cm³/mol. The van der Waals surface area contributed by atoms with Gasteiger partial charge >= 0.3 is 0 Å². The molecule has 0 bridgehead atoms. The Morgan fingerprint density at radius 1 is 1.58 bits per heavy atom. The fourth-order valence-corrected chi connectivity index (χ4v) is 0.805. The molecule has 0 aliphatic heterocycles. The van der Waals surface area contributed by atoms with Crippen molar-refractivity contribution in [1.29, 1.82) is 0 Å². The zero-order valence-corrected chi connectivity index (χ0v) is 7.56. The number of carbonyl (C=O) groups excluding carboxylic acids is 1. The van der Waals surface area contributed by atoms with Crippen LogP contribution in [0.3, 0.4) is 0 Å². The van der Waals surface area contributed by atoms with Crippen LogP contribution in [0.1, 0.15) is 0 Å². The predicted octanol–water partition coefficient (Wildman–Crippen LogP) is 1.91. The molecule has 12 heavy (non-hydrogen) atoms. The number of rotatable bonds is 2. The van der Waals surface area contributed by atoms with Crippen LogP contribution in [-0.2, 0) is 4.79 Å². The molecule has 1 heterocycles. The van der Waals surface area contributed by atoms with Crippen LogP contribution in [0.25, 0.3) is 0 Å². The van der Waals surface area contributed by atoms with Crippen LogP contribution >= 0.6 is 23.2 Å². The lowest BCUT2D eigenvalue weighted by atomic mass is 10.4. The second kappa shape index (κ2) is 4.28. The van der Waals surface area contributed by atoms with Crippen LogP contribution in [0.5, 0.6) is 0 Å². The van der Waals surface area contributed by atoms with E-state index < -0.39 is 0 Å². The molecule has 0 aromatic carbocycles. The largest absolute Gasteiger partial charge is 0.310 e. The number of hydrogen-bond acceptors (Lipinski definition) is 2. The molecule has 64 valence electrons. The van der Waals surface area contributed by atoms with E-state index in [-0.39, 0.29) is 11.8 Å². The van der Waals surface area contributed by atoms with Gasteiger partial charge in [-0.15, -0.1) is 11.6 Å². The Bertz CT molecular complexity index is 273. The third-order valence-electron chi connectivity index (χ3n) is 1.12. The van der Waals surface area contributed by atoms with Crippen molar-refractivity contribution in [2.45, 2.75) is 0 Å². The first-order valence-corrected chi connectivity index (χ1v) is 4.11. The number of pyridine rings is 1. The van der Waals surface area contributed by atoms with E-state index in [2.05, 4.69) is 10.3 Å². The summed E-state index contributed by atoms with van der Waals surface area (Å²) in [5.74, 6) is 0.0844. The molecule has 1 aromatic heterocycles. The highest BCUT2D eigenvalue weighted by Crippen LogP contribution is 2.09. The number of carbonyl (C=O) groups is 1. The van der Waals surface area contributed by atoms with Gasteiger partial charge in [-0.3, -0.25) is 4.79 Å². The van der Waals surface area contributed by atoms with Crippen LogP contribution in [0.2, 0.25) is 5.02 Å². The van der Waals surface area contributed by atoms with Gasteiger partial charge in [0.1, 0.15) is 11.7 Å². The number of alkyl halides is 1. The first-order chi connectivity index (χ1) is 5.72. The fourth-order valence-electron chi connectivity index (χ4n) is 0.626. The van der Waals surface area contributed by atoms with Crippen LogP contribution in [0.4, 0.5) is 5.82 Å². The molecule has 1 aromatic rings. The molecular formula is C7H6Cl2N2O. The van der Waals surface area contributed by atoms with Crippen molar-refractivity contribution in [3.8, 4) is 0 Å². The van der Waals surface area contributed by atoms with Crippen molar-refractivity contribution in [3.05, 3.63) is 23.4 Å². The molecule has 0 spiro atoms. The molecule has 1 amide bonds. The number of aromatic nitrogens is 1. The minimum absolute atomic E-state index is 0.0791. The van der Waals surface area contributed by atoms with Gasteiger partial charge in [-0.1, -0.05) is 11.6 Å². The quantitative estimate of drug-likeness (QED) is 0.749. The first-order valence-electron chi connectivity index (χ1n) is 3.20. The number of nitrogens with one attached hydrogen (secondary N) is 1. The van der Waals surface area contributed by atoms with Gasteiger partial charge in [-0.25, -0.2) is 4.98 Å². The number of halogens is 2. The standard InChI is InChI=1S/C7H6Cl2N2O/c8-3-7(12)11-6-2-1-5(9)4-10-6/h1-2,4H,3H2,(H,10,11,12). The molecule has 3 nitrogen and oxygen atoms in total. The van der Waals surface area contributed by atoms with Gasteiger partial charge in [-0.05, 0) is 12.1 Å². The molecule has 0 aliphatic carbocycles. The van der Waals surface area contributed by atoms with Crippen molar-refractivity contribution in [1.82, 2.24) is 4.98 Å². The Morgan fingerprint density at radius 2 is 2.33 bits per heavy atom. The molecule has 5 heteroatoms. The van der Waals surface area contributed by atoms with Crippen molar-refractivity contribution in [3.63, 3.8) is 0 Å². The minimum atomic E-state index is -0.286. The summed E-state index contributed by atoms with van der Waals surface area (Å²) in [5.41, 5.74) is 0. The molecule has 1 N–H and O–H groups in total. The highest BCUT2D eigenvalue weighted by atomic mass is 35.5. The van der Waals surface area contributed by atoms with Gasteiger partial charge < -0.3 is 5.32 Å². The summed E-state index contributed by atoms with van der Waals surface area (Å²) in [6, 6.07) is 3.24. The monoisotopic (exact) mass is 204 g/mol. The fraction of sp³-hybridized carbons (Fsp3) is 0.143. The van der Waals surface area contributed by atoms with E-state index in [0.29, 0.717) is 10.8 Å². The van der Waals surface area contributed by atoms with Crippen LogP contribution < -0.4 is 5.32 Å². The van der Waals surface area contributed by atoms with Crippen molar-refractivity contribution >= 4 is 34.9 Å². The van der Waals surface area contributed by atoms with Crippen molar-refractivity contribution in [2.24, 2.45) is 0 Å². The SMILES string of the molecule is O=C(CCl)Nc1ccc(Cl)cn1. The summed E-state index contributed by atoms with van der Waals surface area (Å²) in [5, 5.41) is 3.00. The molecule has 0 saturated heterocycles. The number of hydrogen-bond donors (Lipinski definition) is 1. The molecule has 0 unspecified atom stereocenters. The minimum Gasteiger partial charge on any atom is -0.310 e. The van der Waals surface area contributed by atoms with E-state index in [1.54, 1.807) is 12.1 Å². The Labute approximate surface area is 79.7 Å². The van der Waals surface area contributed by atoms with E-state index >= 15 is 0 Å². The van der Waals surface area contributed by atoms with E-state index in [9.17, 15) is 4.79 Å². The van der Waals surface area contributed by atoms with Gasteiger partial charge in [0.25, 0.3) is 0 Å².